The molecular weight excluding hydrogens is 270 g/mol. The van der Waals surface area contributed by atoms with Gasteiger partial charge in [0, 0.05) is 12.9 Å². The molecule has 1 atom stereocenters. The van der Waals surface area contributed by atoms with Crippen LogP contribution in [-0.4, -0.2) is 41.5 Å². The average Bonchev–Trinajstić information content (AvgIpc) is 2.69. The van der Waals surface area contributed by atoms with Crippen LogP contribution in [0, 0.1) is 0 Å². The predicted molar refractivity (Wildman–Crippen MR) is 78.5 cm³/mol. The second kappa shape index (κ2) is 8.04. The van der Waals surface area contributed by atoms with Crippen molar-refractivity contribution >= 4 is 23.4 Å². The molecule has 1 aromatic heterocycles. The van der Waals surface area contributed by atoms with Gasteiger partial charge in [0.15, 0.2) is 0 Å². The quantitative estimate of drug-likeness (QED) is 0.799. The molecule has 18 heavy (non-hydrogen) atoms. The molecule has 1 aromatic rings. The van der Waals surface area contributed by atoms with Crippen molar-refractivity contribution in [1.82, 2.24) is 15.1 Å². The first-order valence-electron chi connectivity index (χ1n) is 6.09. The molecule has 1 N–H and O–H groups in total. The molecule has 0 aliphatic rings. The first kappa shape index (κ1) is 15.8. The zero-order chi connectivity index (χ0) is 13.5. The van der Waals surface area contributed by atoms with Gasteiger partial charge in [-0.1, -0.05) is 25.4 Å². The molecule has 0 aliphatic carbocycles. The van der Waals surface area contributed by atoms with E-state index in [1.165, 1.54) is 0 Å². The molecule has 104 valence electrons. The third-order valence-electron chi connectivity index (χ3n) is 2.62. The maximum absolute atomic E-state index is 6.24. The zero-order valence-corrected chi connectivity index (χ0v) is 13.0. The number of hydrogen-bond acceptors (Lipinski definition) is 4. The summed E-state index contributed by atoms with van der Waals surface area (Å²) in [6, 6.07) is 0.212. The molecule has 0 bridgehead atoms. The van der Waals surface area contributed by atoms with Crippen LogP contribution >= 0.6 is 23.4 Å². The Morgan fingerprint density at radius 3 is 2.83 bits per heavy atom. The lowest BCUT2D eigenvalue weighted by molar-refractivity contribution is 0.182. The van der Waals surface area contributed by atoms with Crippen LogP contribution in [0.25, 0.3) is 0 Å². The van der Waals surface area contributed by atoms with E-state index in [0.717, 1.165) is 23.0 Å². The predicted octanol–water partition coefficient (Wildman–Crippen LogP) is 2.59. The van der Waals surface area contributed by atoms with Gasteiger partial charge in [0.05, 0.1) is 36.1 Å². The molecule has 1 rings (SSSR count). The highest BCUT2D eigenvalue weighted by atomic mass is 35.5. The van der Waals surface area contributed by atoms with Crippen LogP contribution in [0.4, 0.5) is 0 Å². The van der Waals surface area contributed by atoms with Gasteiger partial charge in [-0.2, -0.15) is 16.9 Å². The lowest BCUT2D eigenvalue weighted by Crippen LogP contribution is -2.24. The van der Waals surface area contributed by atoms with E-state index >= 15 is 0 Å². The maximum Gasteiger partial charge on any atom is 0.0834 e. The molecule has 1 unspecified atom stereocenters. The van der Waals surface area contributed by atoms with Crippen molar-refractivity contribution in [1.29, 1.82) is 0 Å². The summed E-state index contributed by atoms with van der Waals surface area (Å²) in [6.07, 6.45) is 1.71. The van der Waals surface area contributed by atoms with E-state index in [1.807, 2.05) is 23.5 Å². The van der Waals surface area contributed by atoms with E-state index in [-0.39, 0.29) is 6.04 Å². The van der Waals surface area contributed by atoms with E-state index in [2.05, 4.69) is 24.3 Å². The van der Waals surface area contributed by atoms with Gasteiger partial charge in [-0.25, -0.2) is 0 Å². The first-order valence-corrected chi connectivity index (χ1v) is 7.51. The summed E-state index contributed by atoms with van der Waals surface area (Å²) in [6.45, 7) is 5.75. The van der Waals surface area contributed by atoms with E-state index in [4.69, 9.17) is 16.3 Å². The minimum Gasteiger partial charge on any atom is -0.383 e. The molecular formula is C12H22ClN3OS. The molecule has 0 spiro atoms. The normalized spacial score (nSPS) is 13.2. The molecule has 0 amide bonds. The second-order valence-electron chi connectivity index (χ2n) is 4.32. The van der Waals surface area contributed by atoms with Crippen LogP contribution in [0.3, 0.4) is 0 Å². The summed E-state index contributed by atoms with van der Waals surface area (Å²) < 4.78 is 7.02. The Bertz CT molecular complexity index is 357. The molecule has 0 saturated carbocycles. The minimum absolute atomic E-state index is 0.212. The largest absolute Gasteiger partial charge is 0.383 e. The van der Waals surface area contributed by atoms with Gasteiger partial charge in [-0.05, 0) is 12.3 Å². The summed E-state index contributed by atoms with van der Waals surface area (Å²) in [5.41, 5.74) is 1.05. The number of thioether (sulfide) groups is 1. The van der Waals surface area contributed by atoms with E-state index in [1.54, 1.807) is 13.3 Å². The molecule has 0 saturated heterocycles. The summed E-state index contributed by atoms with van der Waals surface area (Å²) in [5, 5.41) is 8.94. The second-order valence-corrected chi connectivity index (χ2v) is 6.33. The first-order chi connectivity index (χ1) is 8.60. The van der Waals surface area contributed by atoms with Crippen molar-refractivity contribution in [3.05, 3.63) is 16.9 Å². The Morgan fingerprint density at radius 2 is 2.28 bits per heavy atom. The lowest BCUT2D eigenvalue weighted by Gasteiger charge is -2.19. The fourth-order valence-corrected chi connectivity index (χ4v) is 2.84. The average molecular weight is 292 g/mol. The van der Waals surface area contributed by atoms with E-state index in [0.29, 0.717) is 11.9 Å². The van der Waals surface area contributed by atoms with E-state index in [9.17, 15) is 0 Å². The number of hydrogen-bond donors (Lipinski definition) is 1. The van der Waals surface area contributed by atoms with Gasteiger partial charge in [0.25, 0.3) is 0 Å². The molecule has 4 nitrogen and oxygen atoms in total. The Balaban J connectivity index is 2.79. The van der Waals surface area contributed by atoms with Crippen LogP contribution in [0.5, 0.6) is 0 Å². The van der Waals surface area contributed by atoms with Crippen molar-refractivity contribution in [3.8, 4) is 0 Å². The summed E-state index contributed by atoms with van der Waals surface area (Å²) in [4.78, 5) is 0. The van der Waals surface area contributed by atoms with Crippen molar-refractivity contribution in [2.24, 2.45) is 0 Å². The molecule has 0 radical (unpaired) electrons. The molecule has 0 aliphatic heterocycles. The van der Waals surface area contributed by atoms with Crippen LogP contribution in [0.1, 0.15) is 25.6 Å². The SMILES string of the molecule is CNC(CSC(C)C)c1c(Cl)cnn1CCOC. The van der Waals surface area contributed by atoms with Gasteiger partial charge in [-0.3, -0.25) is 4.68 Å². The van der Waals surface area contributed by atoms with Gasteiger partial charge < -0.3 is 10.1 Å². The molecule has 1 heterocycles. The Labute approximate surface area is 118 Å². The number of nitrogens with zero attached hydrogens (tertiary/aromatic N) is 2. The Hall–Kier alpha value is -0.230. The molecule has 0 aromatic carbocycles. The monoisotopic (exact) mass is 291 g/mol. The van der Waals surface area contributed by atoms with Crippen LogP contribution in [0.15, 0.2) is 6.20 Å². The Kier molecular flexibility index (Phi) is 7.07. The van der Waals surface area contributed by atoms with Gasteiger partial charge in [0.1, 0.15) is 0 Å². The van der Waals surface area contributed by atoms with Crippen molar-refractivity contribution < 1.29 is 4.74 Å². The van der Waals surface area contributed by atoms with Crippen molar-refractivity contribution in [2.45, 2.75) is 31.7 Å². The van der Waals surface area contributed by atoms with Gasteiger partial charge in [-0.15, -0.1) is 0 Å². The summed E-state index contributed by atoms with van der Waals surface area (Å²) in [7, 11) is 3.64. The molecule has 0 fully saturated rings. The van der Waals surface area contributed by atoms with Crippen LogP contribution in [-0.2, 0) is 11.3 Å². The third kappa shape index (κ3) is 4.46. The number of rotatable bonds is 8. The smallest absolute Gasteiger partial charge is 0.0834 e. The fourth-order valence-electron chi connectivity index (χ4n) is 1.66. The number of ether oxygens (including phenoxy) is 1. The lowest BCUT2D eigenvalue weighted by atomic mass is 10.2. The highest BCUT2D eigenvalue weighted by Gasteiger charge is 2.19. The standard InChI is InChI=1S/C12H22ClN3OS/c1-9(2)18-8-11(14-3)12-10(13)7-15-16(12)5-6-17-4/h7,9,11,14H,5-6,8H2,1-4H3. The van der Waals surface area contributed by atoms with Gasteiger partial charge >= 0.3 is 0 Å². The highest BCUT2D eigenvalue weighted by Crippen LogP contribution is 2.26. The molecule has 6 heteroatoms. The van der Waals surface area contributed by atoms with Crippen molar-refractivity contribution in [2.75, 3.05) is 26.5 Å². The number of aromatic nitrogens is 2. The summed E-state index contributed by atoms with van der Waals surface area (Å²) >= 11 is 8.15. The summed E-state index contributed by atoms with van der Waals surface area (Å²) in [5.74, 6) is 0.979. The fraction of sp³-hybridized carbons (Fsp3) is 0.750. The van der Waals surface area contributed by atoms with Crippen molar-refractivity contribution in [3.63, 3.8) is 0 Å². The van der Waals surface area contributed by atoms with Crippen LogP contribution < -0.4 is 5.32 Å². The minimum atomic E-state index is 0.212. The maximum atomic E-state index is 6.24. The van der Waals surface area contributed by atoms with Gasteiger partial charge in [0.2, 0.25) is 0 Å². The topological polar surface area (TPSA) is 39.1 Å². The Morgan fingerprint density at radius 1 is 1.56 bits per heavy atom. The zero-order valence-electron chi connectivity index (χ0n) is 11.4. The highest BCUT2D eigenvalue weighted by molar-refractivity contribution is 7.99. The number of halogens is 1. The number of methoxy groups -OCH3 is 1. The van der Waals surface area contributed by atoms with Crippen LogP contribution in [0.2, 0.25) is 5.02 Å². The number of nitrogens with one attached hydrogen (secondary N) is 1. The third-order valence-corrected chi connectivity index (χ3v) is 4.10. The van der Waals surface area contributed by atoms with E-state index < -0.39 is 0 Å².